The standard InChI is InChI=1S/C12H24N2O/c1-2-12(11-3-4-11)13-5-6-14-7-9-15-10-8-14/h11-13H,2-10H2,1H3. The molecule has 3 heteroatoms. The van der Waals surface area contributed by atoms with Crippen LogP contribution < -0.4 is 5.32 Å². The first-order valence-electron chi connectivity index (χ1n) is 6.43. The van der Waals surface area contributed by atoms with E-state index >= 15 is 0 Å². The summed E-state index contributed by atoms with van der Waals surface area (Å²) in [5.74, 6) is 0.986. The van der Waals surface area contributed by atoms with Crippen LogP contribution in [0.15, 0.2) is 0 Å². The molecule has 2 rings (SSSR count). The van der Waals surface area contributed by atoms with Crippen LogP contribution >= 0.6 is 0 Å². The Balaban J connectivity index is 1.56. The van der Waals surface area contributed by atoms with Gasteiger partial charge in [-0.25, -0.2) is 0 Å². The van der Waals surface area contributed by atoms with Crippen molar-refractivity contribution in [3.05, 3.63) is 0 Å². The van der Waals surface area contributed by atoms with E-state index < -0.39 is 0 Å². The molecule has 1 unspecified atom stereocenters. The van der Waals surface area contributed by atoms with Gasteiger partial charge in [0.05, 0.1) is 13.2 Å². The number of rotatable bonds is 6. The number of nitrogens with zero attached hydrogens (tertiary/aromatic N) is 1. The van der Waals surface area contributed by atoms with Crippen molar-refractivity contribution in [2.75, 3.05) is 39.4 Å². The van der Waals surface area contributed by atoms with Crippen LogP contribution in [0.3, 0.4) is 0 Å². The highest BCUT2D eigenvalue weighted by atomic mass is 16.5. The summed E-state index contributed by atoms with van der Waals surface area (Å²) in [4.78, 5) is 2.50. The Morgan fingerprint density at radius 2 is 2.07 bits per heavy atom. The Labute approximate surface area is 93.2 Å². The Kier molecular flexibility index (Phi) is 4.42. The van der Waals surface area contributed by atoms with E-state index in [0.29, 0.717) is 0 Å². The highest BCUT2D eigenvalue weighted by Gasteiger charge is 2.29. The molecule has 1 saturated carbocycles. The second-order valence-corrected chi connectivity index (χ2v) is 4.76. The molecule has 0 aromatic rings. The van der Waals surface area contributed by atoms with Crippen LogP contribution in [0.1, 0.15) is 26.2 Å². The summed E-state index contributed by atoms with van der Waals surface area (Å²) in [6.45, 7) is 8.69. The number of nitrogens with one attached hydrogen (secondary N) is 1. The van der Waals surface area contributed by atoms with Crippen molar-refractivity contribution in [1.29, 1.82) is 0 Å². The van der Waals surface area contributed by atoms with Gasteiger partial charge in [-0.1, -0.05) is 6.92 Å². The maximum Gasteiger partial charge on any atom is 0.0594 e. The molecule has 1 heterocycles. The summed E-state index contributed by atoms with van der Waals surface area (Å²) in [6, 6.07) is 0.783. The largest absolute Gasteiger partial charge is 0.379 e. The summed E-state index contributed by atoms with van der Waals surface area (Å²) in [5, 5.41) is 3.70. The van der Waals surface area contributed by atoms with Gasteiger partial charge in [-0.15, -0.1) is 0 Å². The predicted octanol–water partition coefficient (Wildman–Crippen LogP) is 1.10. The third-order valence-corrected chi connectivity index (χ3v) is 3.57. The molecule has 0 radical (unpaired) electrons. The molecule has 0 amide bonds. The molecule has 1 saturated heterocycles. The van der Waals surface area contributed by atoms with Crippen molar-refractivity contribution in [1.82, 2.24) is 10.2 Å². The van der Waals surface area contributed by atoms with Crippen LogP contribution in [-0.2, 0) is 4.74 Å². The number of hydrogen-bond donors (Lipinski definition) is 1. The van der Waals surface area contributed by atoms with Crippen LogP contribution in [0.2, 0.25) is 0 Å². The lowest BCUT2D eigenvalue weighted by molar-refractivity contribution is 0.0380. The Bertz CT molecular complexity index is 176. The van der Waals surface area contributed by atoms with Crippen molar-refractivity contribution in [2.45, 2.75) is 32.2 Å². The molecule has 1 aliphatic heterocycles. The van der Waals surface area contributed by atoms with Crippen molar-refractivity contribution < 1.29 is 4.74 Å². The maximum absolute atomic E-state index is 5.33. The topological polar surface area (TPSA) is 24.5 Å². The van der Waals surface area contributed by atoms with Crippen LogP contribution in [0.5, 0.6) is 0 Å². The lowest BCUT2D eigenvalue weighted by atomic mass is 10.1. The van der Waals surface area contributed by atoms with Gasteiger partial charge in [-0.3, -0.25) is 4.90 Å². The van der Waals surface area contributed by atoms with Gasteiger partial charge < -0.3 is 10.1 Å². The lowest BCUT2D eigenvalue weighted by Crippen LogP contribution is -2.42. The Morgan fingerprint density at radius 3 is 2.67 bits per heavy atom. The van der Waals surface area contributed by atoms with Crippen molar-refractivity contribution in [3.8, 4) is 0 Å². The Hall–Kier alpha value is -0.120. The van der Waals surface area contributed by atoms with Gasteiger partial charge in [0.1, 0.15) is 0 Å². The monoisotopic (exact) mass is 212 g/mol. The molecule has 1 atom stereocenters. The average molecular weight is 212 g/mol. The minimum absolute atomic E-state index is 0.783. The fourth-order valence-corrected chi connectivity index (χ4v) is 2.38. The molecular formula is C12H24N2O. The minimum Gasteiger partial charge on any atom is -0.379 e. The van der Waals surface area contributed by atoms with Gasteiger partial charge in [-0.05, 0) is 25.2 Å². The van der Waals surface area contributed by atoms with Crippen molar-refractivity contribution in [3.63, 3.8) is 0 Å². The zero-order valence-corrected chi connectivity index (χ0v) is 9.87. The van der Waals surface area contributed by atoms with E-state index in [1.807, 2.05) is 0 Å². The molecule has 0 aromatic heterocycles. The smallest absolute Gasteiger partial charge is 0.0594 e. The molecule has 0 bridgehead atoms. The fourth-order valence-electron chi connectivity index (χ4n) is 2.38. The molecule has 88 valence electrons. The fraction of sp³-hybridized carbons (Fsp3) is 1.00. The highest BCUT2D eigenvalue weighted by Crippen LogP contribution is 2.33. The van der Waals surface area contributed by atoms with Crippen LogP contribution in [0, 0.1) is 5.92 Å². The summed E-state index contributed by atoms with van der Waals surface area (Å²) < 4.78 is 5.33. The zero-order chi connectivity index (χ0) is 10.5. The van der Waals surface area contributed by atoms with E-state index in [9.17, 15) is 0 Å². The van der Waals surface area contributed by atoms with E-state index in [1.165, 1.54) is 25.8 Å². The minimum atomic E-state index is 0.783. The van der Waals surface area contributed by atoms with Crippen molar-refractivity contribution in [2.24, 2.45) is 5.92 Å². The molecular weight excluding hydrogens is 188 g/mol. The van der Waals surface area contributed by atoms with E-state index in [0.717, 1.165) is 44.8 Å². The van der Waals surface area contributed by atoms with Crippen molar-refractivity contribution >= 4 is 0 Å². The van der Waals surface area contributed by atoms with Crippen LogP contribution in [0.25, 0.3) is 0 Å². The molecule has 1 N–H and O–H groups in total. The summed E-state index contributed by atoms with van der Waals surface area (Å²) in [6.07, 6.45) is 4.18. The molecule has 0 spiro atoms. The number of hydrogen-bond acceptors (Lipinski definition) is 3. The van der Waals surface area contributed by atoms with Gasteiger partial charge in [-0.2, -0.15) is 0 Å². The quantitative estimate of drug-likeness (QED) is 0.713. The van der Waals surface area contributed by atoms with E-state index in [2.05, 4.69) is 17.1 Å². The number of morpholine rings is 1. The third kappa shape index (κ3) is 3.74. The summed E-state index contributed by atoms with van der Waals surface area (Å²) in [7, 11) is 0. The average Bonchev–Trinajstić information content (AvgIpc) is 3.10. The SMILES string of the molecule is CCC(NCCN1CCOCC1)C1CC1. The summed E-state index contributed by atoms with van der Waals surface area (Å²) in [5.41, 5.74) is 0. The summed E-state index contributed by atoms with van der Waals surface area (Å²) >= 11 is 0. The third-order valence-electron chi connectivity index (χ3n) is 3.57. The first-order chi connectivity index (χ1) is 7.40. The molecule has 15 heavy (non-hydrogen) atoms. The van der Waals surface area contributed by atoms with E-state index in [4.69, 9.17) is 4.74 Å². The first-order valence-corrected chi connectivity index (χ1v) is 6.43. The van der Waals surface area contributed by atoms with Crippen LogP contribution in [-0.4, -0.2) is 50.3 Å². The highest BCUT2D eigenvalue weighted by molar-refractivity contribution is 4.85. The zero-order valence-electron chi connectivity index (χ0n) is 9.87. The maximum atomic E-state index is 5.33. The lowest BCUT2D eigenvalue weighted by Gasteiger charge is -2.27. The second-order valence-electron chi connectivity index (χ2n) is 4.76. The van der Waals surface area contributed by atoms with E-state index in [1.54, 1.807) is 0 Å². The predicted molar refractivity (Wildman–Crippen MR) is 62.1 cm³/mol. The molecule has 2 aliphatic rings. The van der Waals surface area contributed by atoms with Gasteiger partial charge in [0.2, 0.25) is 0 Å². The normalized spacial score (nSPS) is 25.4. The molecule has 3 nitrogen and oxygen atoms in total. The second kappa shape index (κ2) is 5.83. The van der Waals surface area contributed by atoms with Crippen LogP contribution in [0.4, 0.5) is 0 Å². The first kappa shape index (κ1) is 11.4. The number of ether oxygens (including phenoxy) is 1. The van der Waals surface area contributed by atoms with E-state index in [-0.39, 0.29) is 0 Å². The van der Waals surface area contributed by atoms with Gasteiger partial charge in [0.25, 0.3) is 0 Å². The molecule has 0 aromatic carbocycles. The molecule has 2 fully saturated rings. The Morgan fingerprint density at radius 1 is 1.33 bits per heavy atom. The molecule has 1 aliphatic carbocycles. The van der Waals surface area contributed by atoms with Gasteiger partial charge in [0, 0.05) is 32.2 Å². The van der Waals surface area contributed by atoms with Gasteiger partial charge in [0.15, 0.2) is 0 Å². The van der Waals surface area contributed by atoms with Gasteiger partial charge >= 0.3 is 0 Å².